The Kier molecular flexibility index (Phi) is 4.60. The monoisotopic (exact) mass is 293 g/mol. The molecule has 0 amide bonds. The number of rotatable bonds is 5. The molecule has 21 heavy (non-hydrogen) atoms. The first kappa shape index (κ1) is 17.0. The van der Waals surface area contributed by atoms with Crippen molar-refractivity contribution in [2.24, 2.45) is 28.6 Å². The van der Waals surface area contributed by atoms with Crippen molar-refractivity contribution in [2.75, 3.05) is 0 Å². The van der Waals surface area contributed by atoms with E-state index in [0.29, 0.717) is 17.2 Å². The fourth-order valence-electron chi connectivity index (χ4n) is 4.53. The van der Waals surface area contributed by atoms with E-state index >= 15 is 0 Å². The van der Waals surface area contributed by atoms with E-state index < -0.39 is 0 Å². The highest BCUT2D eigenvalue weighted by atomic mass is 16.1. The molecule has 3 fully saturated rings. The van der Waals surface area contributed by atoms with Gasteiger partial charge in [-0.2, -0.15) is 0 Å². The second-order valence-electron chi connectivity index (χ2n) is 9.51. The summed E-state index contributed by atoms with van der Waals surface area (Å²) in [6, 6.07) is 0.409. The molecular weight excluding hydrogens is 258 g/mol. The lowest BCUT2D eigenvalue weighted by Gasteiger charge is -2.59. The highest BCUT2D eigenvalue weighted by molar-refractivity contribution is 5.88. The lowest BCUT2D eigenvalue weighted by Crippen LogP contribution is -2.53. The Morgan fingerprint density at radius 3 is 2.05 bits per heavy atom. The third-order valence-electron chi connectivity index (χ3n) is 6.07. The predicted molar refractivity (Wildman–Crippen MR) is 89.2 cm³/mol. The minimum absolute atomic E-state index is 0.0376. The van der Waals surface area contributed by atoms with E-state index in [4.69, 9.17) is 0 Å². The number of carbonyl (C=O) groups is 1. The molecule has 0 heterocycles. The van der Waals surface area contributed by atoms with Crippen LogP contribution in [-0.4, -0.2) is 17.9 Å². The van der Waals surface area contributed by atoms with Crippen LogP contribution in [0.1, 0.15) is 74.1 Å². The maximum Gasteiger partial charge on any atom is 0.155 e. The van der Waals surface area contributed by atoms with Crippen LogP contribution in [0.5, 0.6) is 0 Å². The van der Waals surface area contributed by atoms with E-state index in [0.717, 1.165) is 24.2 Å². The van der Waals surface area contributed by atoms with Crippen LogP contribution < -0.4 is 5.32 Å². The van der Waals surface area contributed by atoms with Crippen molar-refractivity contribution < 1.29 is 4.79 Å². The number of ketones is 1. The molecule has 3 unspecified atom stereocenters. The molecule has 0 aromatic heterocycles. The number of carbonyl (C=O) groups excluding carboxylic acids is 1. The first-order valence-corrected chi connectivity index (χ1v) is 8.82. The highest BCUT2D eigenvalue weighted by Gasteiger charge is 2.52. The molecule has 3 aliphatic rings. The number of hydrogen-bond acceptors (Lipinski definition) is 2. The fraction of sp³-hybridized carbons (Fsp3) is 0.947. The summed E-state index contributed by atoms with van der Waals surface area (Å²) in [5.41, 5.74) is 0.314. The van der Waals surface area contributed by atoms with Crippen LogP contribution in [0, 0.1) is 28.6 Å². The van der Waals surface area contributed by atoms with Crippen LogP contribution >= 0.6 is 0 Å². The Labute approximate surface area is 131 Å². The number of nitrogens with one attached hydrogen (secondary N) is 1. The van der Waals surface area contributed by atoms with E-state index in [1.807, 2.05) is 20.8 Å². The topological polar surface area (TPSA) is 29.1 Å². The summed E-state index contributed by atoms with van der Waals surface area (Å²) in [5, 5.41) is 3.53. The van der Waals surface area contributed by atoms with Crippen LogP contribution in [0.25, 0.3) is 0 Å². The largest absolute Gasteiger partial charge is 0.305 e. The maximum absolute atomic E-state index is 12.7. The van der Waals surface area contributed by atoms with Gasteiger partial charge in [-0.15, -0.1) is 0 Å². The second-order valence-corrected chi connectivity index (χ2v) is 9.51. The molecule has 3 rings (SSSR count). The molecule has 0 radical (unpaired) electrons. The van der Waals surface area contributed by atoms with Crippen molar-refractivity contribution in [1.82, 2.24) is 5.32 Å². The molecule has 0 saturated heterocycles. The molecule has 0 aromatic carbocycles. The zero-order valence-electron chi connectivity index (χ0n) is 15.1. The van der Waals surface area contributed by atoms with E-state index in [-0.39, 0.29) is 11.5 Å². The van der Waals surface area contributed by atoms with Gasteiger partial charge in [0.05, 0.1) is 6.04 Å². The highest BCUT2D eigenvalue weighted by Crippen LogP contribution is 2.61. The third kappa shape index (κ3) is 3.52. The van der Waals surface area contributed by atoms with Gasteiger partial charge in [0, 0.05) is 11.5 Å². The Morgan fingerprint density at radius 1 is 1.14 bits per heavy atom. The molecular formula is C19H35NO. The van der Waals surface area contributed by atoms with Gasteiger partial charge in [0.1, 0.15) is 0 Å². The van der Waals surface area contributed by atoms with Crippen LogP contribution in [0.15, 0.2) is 0 Å². The molecule has 0 spiro atoms. The molecule has 2 heteroatoms. The van der Waals surface area contributed by atoms with Crippen LogP contribution in [0.3, 0.4) is 0 Å². The molecule has 3 aliphatic carbocycles. The minimum Gasteiger partial charge on any atom is -0.305 e. The average molecular weight is 293 g/mol. The molecule has 1 N–H and O–H groups in total. The maximum atomic E-state index is 12.7. The predicted octanol–water partition coefficient (Wildman–Crippen LogP) is 4.43. The summed E-state index contributed by atoms with van der Waals surface area (Å²) >= 11 is 0. The van der Waals surface area contributed by atoms with E-state index in [2.05, 4.69) is 33.0 Å². The lowest BCUT2D eigenvalue weighted by molar-refractivity contribution is -0.130. The molecule has 0 aromatic rings. The quantitative estimate of drug-likeness (QED) is 0.812. The van der Waals surface area contributed by atoms with Gasteiger partial charge in [0.25, 0.3) is 0 Å². The third-order valence-corrected chi connectivity index (χ3v) is 6.07. The summed E-state index contributed by atoms with van der Waals surface area (Å²) in [6.07, 6.45) is 5.13. The number of Topliss-reactive ketones (excluding diaryl/α,β-unsaturated/α-hetero) is 1. The van der Waals surface area contributed by atoms with Crippen LogP contribution in [-0.2, 0) is 4.79 Å². The van der Waals surface area contributed by atoms with Crippen molar-refractivity contribution in [3.63, 3.8) is 0 Å². The standard InChI is InChI=1S/C19H35NO/c1-12(2)20-16(17(21)18(3,4)5)10-13-8-14-11-15(9-13)19(14,6)7/h12-16,20H,8-11H2,1-7H3. The number of hydrogen-bond donors (Lipinski definition) is 1. The van der Waals surface area contributed by atoms with Crippen LogP contribution in [0.4, 0.5) is 0 Å². The van der Waals surface area contributed by atoms with Gasteiger partial charge in [0.15, 0.2) is 5.78 Å². The van der Waals surface area contributed by atoms with Gasteiger partial charge in [-0.05, 0) is 48.9 Å². The van der Waals surface area contributed by atoms with Crippen molar-refractivity contribution in [3.8, 4) is 0 Å². The summed E-state index contributed by atoms with van der Waals surface area (Å²) in [5.74, 6) is 2.91. The molecule has 0 aliphatic heterocycles. The molecule has 2 nitrogen and oxygen atoms in total. The van der Waals surface area contributed by atoms with Gasteiger partial charge in [-0.3, -0.25) is 4.79 Å². The Hall–Kier alpha value is -0.370. The first-order chi connectivity index (χ1) is 9.51. The minimum atomic E-state index is -0.247. The summed E-state index contributed by atoms with van der Waals surface area (Å²) in [7, 11) is 0. The summed E-state index contributed by atoms with van der Waals surface area (Å²) < 4.78 is 0. The van der Waals surface area contributed by atoms with Crippen molar-refractivity contribution in [1.29, 1.82) is 0 Å². The van der Waals surface area contributed by atoms with Gasteiger partial charge in [0.2, 0.25) is 0 Å². The van der Waals surface area contributed by atoms with Crippen molar-refractivity contribution in [3.05, 3.63) is 0 Å². The zero-order chi connectivity index (χ0) is 16.0. The number of fused-ring (bicyclic) bond motifs is 2. The van der Waals surface area contributed by atoms with Gasteiger partial charge < -0.3 is 5.32 Å². The van der Waals surface area contributed by atoms with Crippen molar-refractivity contribution >= 4 is 5.78 Å². The molecule has 3 atom stereocenters. The van der Waals surface area contributed by atoms with Gasteiger partial charge in [-0.1, -0.05) is 48.5 Å². The molecule has 122 valence electrons. The Balaban J connectivity index is 1.99. The first-order valence-electron chi connectivity index (χ1n) is 8.82. The smallest absolute Gasteiger partial charge is 0.155 e. The summed E-state index contributed by atoms with van der Waals surface area (Å²) in [6.45, 7) is 15.3. The normalized spacial score (nSPS) is 32.7. The van der Waals surface area contributed by atoms with Gasteiger partial charge in [-0.25, -0.2) is 0 Å². The molecule has 3 saturated carbocycles. The van der Waals surface area contributed by atoms with Gasteiger partial charge >= 0.3 is 0 Å². The van der Waals surface area contributed by atoms with Crippen LogP contribution in [0.2, 0.25) is 0 Å². The van der Waals surface area contributed by atoms with Crippen molar-refractivity contribution in [2.45, 2.75) is 86.2 Å². The molecule has 2 bridgehead atoms. The van der Waals surface area contributed by atoms with E-state index in [1.165, 1.54) is 19.3 Å². The second kappa shape index (κ2) is 5.68. The average Bonchev–Trinajstić information content (AvgIpc) is 2.35. The zero-order valence-corrected chi connectivity index (χ0v) is 15.1. The fourth-order valence-corrected chi connectivity index (χ4v) is 4.53. The Bertz CT molecular complexity index is 377. The van der Waals surface area contributed by atoms with E-state index in [1.54, 1.807) is 0 Å². The lowest BCUT2D eigenvalue weighted by atomic mass is 9.46. The summed E-state index contributed by atoms with van der Waals surface area (Å²) in [4.78, 5) is 12.7. The SMILES string of the molecule is CC(C)NC(CC1CC2CC(C1)C2(C)C)C(=O)C(C)(C)C. The Morgan fingerprint density at radius 2 is 1.67 bits per heavy atom. The van der Waals surface area contributed by atoms with E-state index in [9.17, 15) is 4.79 Å².